The molecule has 0 aliphatic rings. The minimum Gasteiger partial charge on any atom is -0.375 e. The lowest BCUT2D eigenvalue weighted by Crippen LogP contribution is -2.45. The van der Waals surface area contributed by atoms with Crippen LogP contribution in [-0.4, -0.2) is 85.1 Å². The van der Waals surface area contributed by atoms with Crippen molar-refractivity contribution in [3.8, 4) is 6.07 Å². The number of carbonyl (C=O) groups excluding carboxylic acids is 1. The van der Waals surface area contributed by atoms with Crippen molar-refractivity contribution in [3.63, 3.8) is 0 Å². The molecule has 1 aromatic heterocycles. The predicted molar refractivity (Wildman–Crippen MR) is 176 cm³/mol. The molecular weight excluding hydrogens is 636 g/mol. The average molecular weight is 684 g/mol. The molecule has 0 aliphatic heterocycles. The highest BCUT2D eigenvalue weighted by Crippen LogP contribution is 2.50. The number of nitrogens with one attached hydrogen (secondary N) is 1. The Balaban J connectivity index is 2.52. The monoisotopic (exact) mass is 683 g/mol. The van der Waals surface area contributed by atoms with E-state index < -0.39 is 46.2 Å². The van der Waals surface area contributed by atoms with Gasteiger partial charge in [0.25, 0.3) is 14.4 Å². The third kappa shape index (κ3) is 11.6. The molecule has 1 N–H and O–H groups in total. The van der Waals surface area contributed by atoms with Gasteiger partial charge in [0.15, 0.2) is 6.23 Å². The molecule has 14 nitrogen and oxygen atoms in total. The second-order valence-electron chi connectivity index (χ2n) is 10.6. The average Bonchev–Trinajstić information content (AvgIpc) is 3.03. The Bertz CT molecular complexity index is 1340. The standard InChI is InChI=1S/C30H47N5O9P2/c1-9-25(42-20-21-46(38,40-7)41-8)27(44-45(43-19-13-17-31)35(22(2)3)23(4)5)29(39-6)34-18-16-26(33-30(34)37)32-28(36)24-14-11-10-12-15-24/h10-12,14-16,18,22-23,25,27,29H,9,13,19-21H2,1-8H3,(H,32,33,36,37)/t25-,27+,29-,45?/m0/s1. The van der Waals surface area contributed by atoms with Crippen molar-refractivity contribution in [3.05, 3.63) is 58.6 Å². The number of anilines is 1. The third-order valence-corrected chi connectivity index (χ3v) is 10.8. The van der Waals surface area contributed by atoms with Crippen LogP contribution >= 0.6 is 16.1 Å². The van der Waals surface area contributed by atoms with E-state index in [0.29, 0.717) is 12.0 Å². The van der Waals surface area contributed by atoms with E-state index in [2.05, 4.69) is 16.4 Å². The van der Waals surface area contributed by atoms with E-state index in [1.165, 1.54) is 38.2 Å². The molecule has 1 aromatic carbocycles. The highest BCUT2D eigenvalue weighted by Gasteiger charge is 2.39. The van der Waals surface area contributed by atoms with Crippen LogP contribution in [0, 0.1) is 11.3 Å². The first-order chi connectivity index (χ1) is 21.9. The summed E-state index contributed by atoms with van der Waals surface area (Å²) in [6.45, 7) is 10.0. The molecule has 0 bridgehead atoms. The van der Waals surface area contributed by atoms with E-state index >= 15 is 0 Å². The fraction of sp³-hybridized carbons (Fsp3) is 0.600. The van der Waals surface area contributed by atoms with Gasteiger partial charge in [-0.25, -0.2) is 9.46 Å². The van der Waals surface area contributed by atoms with Crippen LogP contribution in [0.25, 0.3) is 0 Å². The van der Waals surface area contributed by atoms with Gasteiger partial charge in [0.2, 0.25) is 0 Å². The van der Waals surface area contributed by atoms with Crippen molar-refractivity contribution < 1.29 is 36.9 Å². The molecule has 256 valence electrons. The van der Waals surface area contributed by atoms with Gasteiger partial charge in [-0.2, -0.15) is 10.2 Å². The Morgan fingerprint density at radius 2 is 1.74 bits per heavy atom. The molecule has 0 spiro atoms. The number of rotatable bonds is 21. The zero-order valence-corrected chi connectivity index (χ0v) is 29.6. The third-order valence-electron chi connectivity index (χ3n) is 6.80. The van der Waals surface area contributed by atoms with E-state index in [9.17, 15) is 14.2 Å². The molecule has 1 heterocycles. The maximum absolute atomic E-state index is 13.4. The number of methoxy groups -OCH3 is 1. The molecule has 0 radical (unpaired) electrons. The normalized spacial score (nSPS) is 14.7. The molecule has 1 amide bonds. The first kappa shape index (κ1) is 39.6. The van der Waals surface area contributed by atoms with Crippen LogP contribution in [0.15, 0.2) is 47.4 Å². The van der Waals surface area contributed by atoms with Crippen molar-refractivity contribution in [1.29, 1.82) is 5.26 Å². The summed E-state index contributed by atoms with van der Waals surface area (Å²) in [4.78, 5) is 30.2. The van der Waals surface area contributed by atoms with Gasteiger partial charge in [-0.05, 0) is 52.3 Å². The Morgan fingerprint density at radius 3 is 2.26 bits per heavy atom. The second kappa shape index (κ2) is 20.0. The molecule has 2 rings (SSSR count). The molecule has 0 saturated heterocycles. The Morgan fingerprint density at radius 1 is 1.09 bits per heavy atom. The molecule has 16 heteroatoms. The van der Waals surface area contributed by atoms with Crippen LogP contribution in [0.1, 0.15) is 64.0 Å². The van der Waals surface area contributed by atoms with Gasteiger partial charge in [-0.15, -0.1) is 0 Å². The van der Waals surface area contributed by atoms with E-state index in [1.54, 1.807) is 30.3 Å². The van der Waals surface area contributed by atoms with Crippen molar-refractivity contribution >= 4 is 27.8 Å². The van der Waals surface area contributed by atoms with E-state index in [1.807, 2.05) is 39.3 Å². The first-order valence-electron chi connectivity index (χ1n) is 15.0. The van der Waals surface area contributed by atoms with E-state index in [-0.39, 0.29) is 43.7 Å². The van der Waals surface area contributed by atoms with Crippen molar-refractivity contribution in [2.75, 3.05) is 46.0 Å². The topological polar surface area (TPSA) is 163 Å². The quantitative estimate of drug-likeness (QED) is 0.129. The summed E-state index contributed by atoms with van der Waals surface area (Å²) in [6, 6.07) is 12.1. The Kier molecular flexibility index (Phi) is 17.2. The molecular formula is C30H47N5O9P2. The largest absolute Gasteiger partial charge is 0.375 e. The lowest BCUT2D eigenvalue weighted by Gasteiger charge is -2.40. The summed E-state index contributed by atoms with van der Waals surface area (Å²) in [5.74, 6) is -0.352. The molecule has 0 fully saturated rings. The summed E-state index contributed by atoms with van der Waals surface area (Å²) >= 11 is 0. The second-order valence-corrected chi connectivity index (χ2v) is 14.4. The number of amides is 1. The first-order valence-corrected chi connectivity index (χ1v) is 17.9. The van der Waals surface area contributed by atoms with Crippen LogP contribution in [0.3, 0.4) is 0 Å². The summed E-state index contributed by atoms with van der Waals surface area (Å²) in [6.07, 6.45) is -0.701. The van der Waals surface area contributed by atoms with Crippen molar-refractivity contribution in [1.82, 2.24) is 14.2 Å². The number of aromatic nitrogens is 2. The molecule has 0 saturated carbocycles. The van der Waals surface area contributed by atoms with E-state index in [4.69, 9.17) is 32.8 Å². The van der Waals surface area contributed by atoms with Crippen molar-refractivity contribution in [2.24, 2.45) is 0 Å². The smallest absolute Gasteiger partial charge is 0.351 e. The molecule has 0 aliphatic carbocycles. The van der Waals surface area contributed by atoms with Gasteiger partial charge < -0.3 is 32.9 Å². The maximum Gasteiger partial charge on any atom is 0.351 e. The lowest BCUT2D eigenvalue weighted by molar-refractivity contribution is -0.121. The number of nitrogens with zero attached hydrogens (tertiary/aromatic N) is 4. The number of carbonyl (C=O) groups is 1. The SMILES string of the molecule is CC[C@H](OCCP(=O)(OC)OC)[C@@H](OP(OCCC#N)N(C(C)C)C(C)C)[C@H](OC)n1ccc(NC(=O)c2ccccc2)nc1=O. The van der Waals surface area contributed by atoms with Gasteiger partial charge in [0.05, 0.1) is 38.0 Å². The molecule has 1 unspecified atom stereocenters. The number of nitriles is 1. The van der Waals surface area contributed by atoms with Crippen LogP contribution in [0.4, 0.5) is 5.82 Å². The molecule has 46 heavy (non-hydrogen) atoms. The summed E-state index contributed by atoms with van der Waals surface area (Å²) in [5.41, 5.74) is -0.292. The van der Waals surface area contributed by atoms with E-state index in [0.717, 1.165) is 0 Å². The lowest BCUT2D eigenvalue weighted by atomic mass is 10.1. The Hall–Kier alpha value is -2.56. The highest BCUT2D eigenvalue weighted by molar-refractivity contribution is 7.53. The number of hydrogen-bond acceptors (Lipinski definition) is 12. The zero-order valence-electron chi connectivity index (χ0n) is 27.8. The molecule has 2 aromatic rings. The number of benzene rings is 1. The van der Waals surface area contributed by atoms with Crippen LogP contribution in [-0.2, 0) is 32.1 Å². The fourth-order valence-corrected chi connectivity index (χ4v) is 7.18. The fourth-order valence-electron chi connectivity index (χ4n) is 4.58. The van der Waals surface area contributed by atoms with Gasteiger partial charge >= 0.3 is 13.3 Å². The number of ether oxygens (including phenoxy) is 2. The van der Waals surface area contributed by atoms with Gasteiger partial charge in [-0.1, -0.05) is 25.1 Å². The van der Waals surface area contributed by atoms with Crippen LogP contribution in [0.5, 0.6) is 0 Å². The minimum atomic E-state index is -3.36. The predicted octanol–water partition coefficient (Wildman–Crippen LogP) is 5.58. The summed E-state index contributed by atoms with van der Waals surface area (Å²) in [7, 11) is -1.12. The Labute approximate surface area is 272 Å². The maximum atomic E-state index is 13.4. The van der Waals surface area contributed by atoms with Gasteiger partial charge in [0.1, 0.15) is 11.9 Å². The van der Waals surface area contributed by atoms with Gasteiger partial charge in [-0.3, -0.25) is 13.9 Å². The zero-order chi connectivity index (χ0) is 34.3. The summed E-state index contributed by atoms with van der Waals surface area (Å²) in [5, 5.41) is 11.8. The molecule has 4 atom stereocenters. The summed E-state index contributed by atoms with van der Waals surface area (Å²) < 4.78 is 51.0. The highest BCUT2D eigenvalue weighted by atomic mass is 31.2. The number of hydrogen-bond donors (Lipinski definition) is 1. The minimum absolute atomic E-state index is 0.00187. The van der Waals surface area contributed by atoms with Crippen LogP contribution in [0.2, 0.25) is 0 Å². The van der Waals surface area contributed by atoms with Crippen LogP contribution < -0.4 is 11.0 Å². The van der Waals surface area contributed by atoms with Crippen molar-refractivity contribution in [2.45, 2.75) is 78.0 Å². The van der Waals surface area contributed by atoms with Gasteiger partial charge in [0, 0.05) is 45.2 Å².